The number of rotatable bonds is 3. The molecule has 2 aromatic heterocycles. The van der Waals surface area contributed by atoms with Crippen molar-refractivity contribution in [1.29, 1.82) is 0 Å². The van der Waals surface area contributed by atoms with Crippen molar-refractivity contribution in [3.8, 4) is 0 Å². The topological polar surface area (TPSA) is 112 Å². The zero-order chi connectivity index (χ0) is 24.0. The van der Waals surface area contributed by atoms with Crippen molar-refractivity contribution in [3.63, 3.8) is 0 Å². The van der Waals surface area contributed by atoms with E-state index in [0.29, 0.717) is 22.4 Å². The highest BCUT2D eigenvalue weighted by atomic mass is 35.5. The first-order chi connectivity index (χ1) is 15.7. The molecule has 3 N–H and O–H groups in total. The number of aliphatic carboxylic acids is 1. The molecule has 3 aromatic rings. The second kappa shape index (κ2) is 10.5. The molecule has 33 heavy (non-hydrogen) atoms. The number of carboxylic acids is 1. The standard InChI is InChI=1S/C18H19ClN6O.C2HF3O2/c19-14-4-1-2-5-15(14)22-17(26)16-7-6-13-12-21-18(23-25(13)16)24-10-3-8-20-9-11-24;3-2(4,5)1(6)7/h1-2,4-7,12,20H,3,8-11H2,(H,22,26);(H,6,7). The zero-order valence-corrected chi connectivity index (χ0v) is 17.9. The van der Waals surface area contributed by atoms with E-state index in [1.807, 2.05) is 18.2 Å². The summed E-state index contributed by atoms with van der Waals surface area (Å²) in [5.74, 6) is -2.39. The molecule has 1 aromatic carbocycles. The van der Waals surface area contributed by atoms with Crippen LogP contribution in [0.15, 0.2) is 42.6 Å². The number of para-hydroxylation sites is 1. The van der Waals surface area contributed by atoms with Crippen molar-refractivity contribution in [1.82, 2.24) is 19.9 Å². The van der Waals surface area contributed by atoms with Crippen LogP contribution in [0.5, 0.6) is 0 Å². The number of aromatic nitrogens is 3. The molecule has 1 aliphatic heterocycles. The number of hydrogen-bond donors (Lipinski definition) is 3. The van der Waals surface area contributed by atoms with Crippen LogP contribution < -0.4 is 15.5 Å². The van der Waals surface area contributed by atoms with Gasteiger partial charge in [0.2, 0.25) is 5.95 Å². The molecule has 13 heteroatoms. The van der Waals surface area contributed by atoms with Gasteiger partial charge >= 0.3 is 12.1 Å². The van der Waals surface area contributed by atoms with Crippen LogP contribution in [0.3, 0.4) is 0 Å². The Morgan fingerprint density at radius 1 is 1.12 bits per heavy atom. The Kier molecular flexibility index (Phi) is 7.71. The normalized spacial score (nSPS) is 14.2. The van der Waals surface area contributed by atoms with Crippen LogP contribution in [0.25, 0.3) is 5.52 Å². The molecule has 1 saturated heterocycles. The Balaban J connectivity index is 0.000000383. The number of amides is 1. The van der Waals surface area contributed by atoms with E-state index >= 15 is 0 Å². The van der Waals surface area contributed by atoms with Crippen LogP contribution in [-0.4, -0.2) is 63.9 Å². The Labute approximate surface area is 191 Å². The molecule has 9 nitrogen and oxygen atoms in total. The number of carboxylic acid groups (broad SMARTS) is 1. The van der Waals surface area contributed by atoms with E-state index in [0.717, 1.165) is 38.1 Å². The average Bonchev–Trinajstić information content (AvgIpc) is 3.00. The lowest BCUT2D eigenvalue weighted by Gasteiger charge is -2.19. The largest absolute Gasteiger partial charge is 0.490 e. The number of carbonyl (C=O) groups is 2. The molecular weight excluding hydrogens is 465 g/mol. The van der Waals surface area contributed by atoms with E-state index in [1.54, 1.807) is 28.9 Å². The Hall–Kier alpha value is -3.38. The number of alkyl halides is 3. The van der Waals surface area contributed by atoms with Crippen LogP contribution in [0, 0.1) is 0 Å². The average molecular weight is 485 g/mol. The Morgan fingerprint density at radius 2 is 1.85 bits per heavy atom. The number of carbonyl (C=O) groups excluding carboxylic acids is 1. The van der Waals surface area contributed by atoms with Gasteiger partial charge in [0.05, 0.1) is 22.4 Å². The maximum absolute atomic E-state index is 12.7. The van der Waals surface area contributed by atoms with E-state index in [-0.39, 0.29) is 5.91 Å². The highest BCUT2D eigenvalue weighted by Crippen LogP contribution is 2.22. The van der Waals surface area contributed by atoms with Gasteiger partial charge in [-0.3, -0.25) is 4.79 Å². The lowest BCUT2D eigenvalue weighted by molar-refractivity contribution is -0.192. The molecule has 0 radical (unpaired) electrons. The minimum Gasteiger partial charge on any atom is -0.475 e. The maximum Gasteiger partial charge on any atom is 0.490 e. The lowest BCUT2D eigenvalue weighted by atomic mass is 10.3. The number of benzene rings is 1. The number of fused-ring (bicyclic) bond motifs is 1. The number of nitrogens with zero attached hydrogens (tertiary/aromatic N) is 4. The van der Waals surface area contributed by atoms with Crippen LogP contribution in [0.2, 0.25) is 5.02 Å². The first kappa shape index (κ1) is 24.3. The van der Waals surface area contributed by atoms with Crippen LogP contribution in [0.1, 0.15) is 16.9 Å². The van der Waals surface area contributed by atoms with Gasteiger partial charge in [-0.1, -0.05) is 23.7 Å². The minimum atomic E-state index is -5.08. The summed E-state index contributed by atoms with van der Waals surface area (Å²) in [4.78, 5) is 28.2. The number of halogens is 4. The fraction of sp³-hybridized carbons (Fsp3) is 0.300. The number of hydrogen-bond acceptors (Lipinski definition) is 6. The van der Waals surface area contributed by atoms with Crippen molar-refractivity contribution in [3.05, 3.63) is 53.3 Å². The van der Waals surface area contributed by atoms with Crippen molar-refractivity contribution in [2.24, 2.45) is 0 Å². The summed E-state index contributed by atoms with van der Waals surface area (Å²) in [6.07, 6.45) is -2.31. The van der Waals surface area contributed by atoms with E-state index < -0.39 is 12.1 Å². The first-order valence-corrected chi connectivity index (χ1v) is 10.2. The smallest absolute Gasteiger partial charge is 0.475 e. The molecule has 1 fully saturated rings. The predicted molar refractivity (Wildman–Crippen MR) is 116 cm³/mol. The summed E-state index contributed by atoms with van der Waals surface area (Å²) in [6, 6.07) is 10.7. The maximum atomic E-state index is 12.7. The van der Waals surface area contributed by atoms with Gasteiger partial charge in [0.15, 0.2) is 0 Å². The number of anilines is 2. The summed E-state index contributed by atoms with van der Waals surface area (Å²) in [5.41, 5.74) is 1.78. The molecular formula is C20H20ClF3N6O3. The van der Waals surface area contributed by atoms with Crippen molar-refractivity contribution >= 4 is 40.6 Å². The molecule has 0 bridgehead atoms. The highest BCUT2D eigenvalue weighted by Gasteiger charge is 2.38. The number of nitrogens with one attached hydrogen (secondary N) is 2. The van der Waals surface area contributed by atoms with E-state index in [1.165, 1.54) is 0 Å². The third-order valence-corrected chi connectivity index (χ3v) is 4.94. The Morgan fingerprint density at radius 3 is 2.55 bits per heavy atom. The lowest BCUT2D eigenvalue weighted by Crippen LogP contribution is -2.30. The van der Waals surface area contributed by atoms with Crippen LogP contribution in [-0.2, 0) is 4.79 Å². The molecule has 176 valence electrons. The van der Waals surface area contributed by atoms with Crippen molar-refractivity contribution in [2.45, 2.75) is 12.6 Å². The third kappa shape index (κ3) is 6.33. The minimum absolute atomic E-state index is 0.264. The van der Waals surface area contributed by atoms with E-state index in [2.05, 4.69) is 25.6 Å². The van der Waals surface area contributed by atoms with Gasteiger partial charge in [-0.15, -0.1) is 5.10 Å². The molecule has 1 aliphatic rings. The molecule has 3 heterocycles. The summed E-state index contributed by atoms with van der Waals surface area (Å²) in [5, 5.41) is 18.4. The van der Waals surface area contributed by atoms with Crippen LogP contribution >= 0.6 is 11.6 Å². The second-order valence-corrected chi connectivity index (χ2v) is 7.35. The first-order valence-electron chi connectivity index (χ1n) is 9.83. The third-order valence-electron chi connectivity index (χ3n) is 4.61. The predicted octanol–water partition coefficient (Wildman–Crippen LogP) is 3.07. The van der Waals surface area contributed by atoms with Gasteiger partial charge in [0.25, 0.3) is 5.91 Å². The molecule has 4 rings (SSSR count). The van der Waals surface area contributed by atoms with Crippen molar-refractivity contribution in [2.75, 3.05) is 36.4 Å². The second-order valence-electron chi connectivity index (χ2n) is 6.94. The van der Waals surface area contributed by atoms with Gasteiger partial charge < -0.3 is 20.6 Å². The van der Waals surface area contributed by atoms with E-state index in [4.69, 9.17) is 21.5 Å². The molecule has 0 unspecified atom stereocenters. The highest BCUT2D eigenvalue weighted by molar-refractivity contribution is 6.33. The van der Waals surface area contributed by atoms with Gasteiger partial charge in [-0.2, -0.15) is 13.2 Å². The molecule has 0 saturated carbocycles. The molecule has 0 aliphatic carbocycles. The van der Waals surface area contributed by atoms with Gasteiger partial charge in [0, 0.05) is 19.6 Å². The monoisotopic (exact) mass is 484 g/mol. The quantitative estimate of drug-likeness (QED) is 0.524. The van der Waals surface area contributed by atoms with Crippen molar-refractivity contribution < 1.29 is 27.9 Å². The summed E-state index contributed by atoms with van der Waals surface area (Å²) >= 11 is 6.13. The van der Waals surface area contributed by atoms with Gasteiger partial charge in [0.1, 0.15) is 5.69 Å². The van der Waals surface area contributed by atoms with Crippen LogP contribution in [0.4, 0.5) is 24.8 Å². The summed E-state index contributed by atoms with van der Waals surface area (Å²) in [6.45, 7) is 3.62. The Bertz CT molecular complexity index is 1130. The molecule has 0 atom stereocenters. The SMILES string of the molecule is O=C(Nc1ccccc1Cl)c1ccc2cnc(N3CCCNCC3)nn12.O=C(O)C(F)(F)F. The van der Waals surface area contributed by atoms with Gasteiger partial charge in [-0.25, -0.2) is 14.3 Å². The fourth-order valence-corrected chi connectivity index (χ4v) is 3.19. The fourth-order valence-electron chi connectivity index (χ4n) is 3.00. The zero-order valence-electron chi connectivity index (χ0n) is 17.1. The van der Waals surface area contributed by atoms with Gasteiger partial charge in [-0.05, 0) is 37.2 Å². The van der Waals surface area contributed by atoms with E-state index in [9.17, 15) is 18.0 Å². The summed E-state index contributed by atoms with van der Waals surface area (Å²) < 4.78 is 33.4. The molecule has 0 spiro atoms. The molecule has 1 amide bonds. The summed E-state index contributed by atoms with van der Waals surface area (Å²) in [7, 11) is 0.